The summed E-state index contributed by atoms with van der Waals surface area (Å²) in [6, 6.07) is 13.0. The number of benzene rings is 1. The van der Waals surface area contributed by atoms with E-state index in [2.05, 4.69) is 20.3 Å². The van der Waals surface area contributed by atoms with E-state index in [1.54, 1.807) is 6.07 Å². The van der Waals surface area contributed by atoms with Gasteiger partial charge in [0.05, 0.1) is 18.4 Å². The van der Waals surface area contributed by atoms with E-state index in [1.807, 2.05) is 50.2 Å². The van der Waals surface area contributed by atoms with Gasteiger partial charge in [-0.25, -0.2) is 9.97 Å². The molecule has 3 aromatic heterocycles. The molecule has 0 aliphatic carbocycles. The van der Waals surface area contributed by atoms with Crippen molar-refractivity contribution in [2.45, 2.75) is 39.1 Å². The van der Waals surface area contributed by atoms with Crippen molar-refractivity contribution in [2.24, 2.45) is 0 Å². The van der Waals surface area contributed by atoms with Gasteiger partial charge in [0.1, 0.15) is 5.65 Å². The van der Waals surface area contributed by atoms with Crippen molar-refractivity contribution in [1.82, 2.24) is 24.8 Å². The summed E-state index contributed by atoms with van der Waals surface area (Å²) >= 11 is 0. The summed E-state index contributed by atoms with van der Waals surface area (Å²) in [5.41, 5.74) is 4.08. The Morgan fingerprint density at radius 1 is 1.11 bits per heavy atom. The summed E-state index contributed by atoms with van der Waals surface area (Å²) in [6.45, 7) is 5.87. The van der Waals surface area contributed by atoms with Gasteiger partial charge in [-0.15, -0.1) is 0 Å². The van der Waals surface area contributed by atoms with Gasteiger partial charge in [-0.1, -0.05) is 18.2 Å². The minimum absolute atomic E-state index is 0.0434. The lowest BCUT2D eigenvalue weighted by Crippen LogP contribution is -2.39. The molecule has 1 aromatic carbocycles. The topological polar surface area (TPSA) is 81.9 Å². The molecule has 37 heavy (non-hydrogen) atoms. The number of ether oxygens (including phenoxy) is 1. The fourth-order valence-corrected chi connectivity index (χ4v) is 4.60. The number of nitrogens with zero attached hydrogens (tertiary/aromatic N) is 4. The van der Waals surface area contributed by atoms with Crippen LogP contribution in [0.5, 0.6) is 0 Å². The van der Waals surface area contributed by atoms with E-state index in [1.165, 1.54) is 4.57 Å². The monoisotopic (exact) mass is 509 g/mol. The minimum atomic E-state index is -4.72. The summed E-state index contributed by atoms with van der Waals surface area (Å²) in [7, 11) is 0. The second kappa shape index (κ2) is 10.0. The standard InChI is InChI=1S/C27H26F3N5O2/c1-16-12-18(23-5-3-4-17(2)33-23)6-7-21(16)22-13-19-14-32-26(27(28,29)30)34-24(19)35(25(22)36)10-8-20-15-31-9-11-37-20/h3-7,12-14,20,31H,8-11,15H2,1-2H3. The number of pyridine rings is 2. The average Bonchev–Trinajstić information content (AvgIpc) is 2.88. The quantitative estimate of drug-likeness (QED) is 0.426. The van der Waals surface area contributed by atoms with Gasteiger partial charge in [-0.3, -0.25) is 14.3 Å². The highest BCUT2D eigenvalue weighted by atomic mass is 19.4. The van der Waals surface area contributed by atoms with Gasteiger partial charge in [0.2, 0.25) is 5.82 Å². The normalized spacial score (nSPS) is 16.3. The molecular formula is C27H26F3N5O2. The number of alkyl halides is 3. The first-order chi connectivity index (χ1) is 17.7. The predicted octanol–water partition coefficient (Wildman–Crippen LogP) is 4.53. The Morgan fingerprint density at radius 3 is 2.65 bits per heavy atom. The van der Waals surface area contributed by atoms with Crippen molar-refractivity contribution in [1.29, 1.82) is 0 Å². The van der Waals surface area contributed by atoms with Crippen molar-refractivity contribution in [3.8, 4) is 22.4 Å². The van der Waals surface area contributed by atoms with E-state index < -0.39 is 17.6 Å². The molecule has 4 heterocycles. The smallest absolute Gasteiger partial charge is 0.376 e. The van der Waals surface area contributed by atoms with Crippen molar-refractivity contribution in [3.63, 3.8) is 0 Å². The van der Waals surface area contributed by atoms with Gasteiger partial charge < -0.3 is 10.1 Å². The summed E-state index contributed by atoms with van der Waals surface area (Å²) < 4.78 is 47.2. The minimum Gasteiger partial charge on any atom is -0.376 e. The van der Waals surface area contributed by atoms with Crippen LogP contribution in [-0.2, 0) is 17.5 Å². The highest BCUT2D eigenvalue weighted by Crippen LogP contribution is 2.30. The van der Waals surface area contributed by atoms with Gasteiger partial charge in [0.25, 0.3) is 5.56 Å². The van der Waals surface area contributed by atoms with Crippen molar-refractivity contribution in [3.05, 3.63) is 76.1 Å². The number of nitrogens with one attached hydrogen (secondary N) is 1. The first-order valence-corrected chi connectivity index (χ1v) is 12.1. The lowest BCUT2D eigenvalue weighted by atomic mass is 9.97. The molecule has 5 rings (SSSR count). The lowest BCUT2D eigenvalue weighted by molar-refractivity contribution is -0.144. The number of fused-ring (bicyclic) bond motifs is 1. The maximum atomic E-state index is 13.7. The Bertz CT molecular complexity index is 1510. The van der Waals surface area contributed by atoms with Crippen LogP contribution in [0.15, 0.2) is 53.5 Å². The average molecular weight is 510 g/mol. The molecule has 1 aliphatic heterocycles. The van der Waals surface area contributed by atoms with Gasteiger partial charge in [-0.2, -0.15) is 13.2 Å². The largest absolute Gasteiger partial charge is 0.451 e. The second-order valence-corrected chi connectivity index (χ2v) is 9.16. The van der Waals surface area contributed by atoms with Crippen LogP contribution < -0.4 is 10.9 Å². The maximum absolute atomic E-state index is 13.7. The molecule has 1 unspecified atom stereocenters. The third-order valence-electron chi connectivity index (χ3n) is 6.46. The fourth-order valence-electron chi connectivity index (χ4n) is 4.60. The van der Waals surface area contributed by atoms with Gasteiger partial charge in [0, 0.05) is 48.0 Å². The Hall–Kier alpha value is -3.63. The van der Waals surface area contributed by atoms with Crippen molar-refractivity contribution >= 4 is 11.0 Å². The van der Waals surface area contributed by atoms with E-state index in [0.717, 1.165) is 35.3 Å². The Kier molecular flexibility index (Phi) is 6.78. The molecule has 7 nitrogen and oxygen atoms in total. The first kappa shape index (κ1) is 25.0. The van der Waals surface area contributed by atoms with Gasteiger partial charge >= 0.3 is 6.18 Å². The molecule has 1 saturated heterocycles. The molecule has 192 valence electrons. The van der Waals surface area contributed by atoms with Crippen LogP contribution in [0, 0.1) is 13.8 Å². The predicted molar refractivity (Wildman–Crippen MR) is 134 cm³/mol. The Morgan fingerprint density at radius 2 is 1.95 bits per heavy atom. The number of halogens is 3. The van der Waals surface area contributed by atoms with Crippen LogP contribution in [-0.4, -0.2) is 45.3 Å². The molecule has 1 N–H and O–H groups in total. The van der Waals surface area contributed by atoms with Crippen LogP contribution >= 0.6 is 0 Å². The van der Waals surface area contributed by atoms with Crippen molar-refractivity contribution in [2.75, 3.05) is 19.7 Å². The summed E-state index contributed by atoms with van der Waals surface area (Å²) in [5, 5.41) is 3.58. The summed E-state index contributed by atoms with van der Waals surface area (Å²) in [6.07, 6.45) is -3.29. The van der Waals surface area contributed by atoms with Crippen LogP contribution in [0.4, 0.5) is 13.2 Å². The van der Waals surface area contributed by atoms with Gasteiger partial charge in [-0.05, 0) is 55.7 Å². The Balaban J connectivity index is 1.61. The third kappa shape index (κ3) is 5.26. The molecule has 4 aromatic rings. The van der Waals surface area contributed by atoms with E-state index in [-0.39, 0.29) is 18.3 Å². The number of rotatable bonds is 5. The number of aryl methyl sites for hydroxylation is 3. The van der Waals surface area contributed by atoms with E-state index in [4.69, 9.17) is 4.74 Å². The van der Waals surface area contributed by atoms with Crippen molar-refractivity contribution < 1.29 is 17.9 Å². The zero-order valence-electron chi connectivity index (χ0n) is 20.5. The highest BCUT2D eigenvalue weighted by molar-refractivity contribution is 5.82. The summed E-state index contributed by atoms with van der Waals surface area (Å²) in [4.78, 5) is 25.6. The molecule has 0 saturated carbocycles. The molecule has 0 amide bonds. The number of hydrogen-bond donors (Lipinski definition) is 1. The fraction of sp³-hybridized carbons (Fsp3) is 0.333. The van der Waals surface area contributed by atoms with Crippen LogP contribution in [0.1, 0.15) is 23.5 Å². The molecule has 0 bridgehead atoms. The van der Waals surface area contributed by atoms with Crippen LogP contribution in [0.25, 0.3) is 33.4 Å². The SMILES string of the molecule is Cc1cccc(-c2ccc(-c3cc4cnc(C(F)(F)F)nc4n(CCC4CNCCO4)c3=O)c(C)c2)n1. The zero-order chi connectivity index (χ0) is 26.2. The summed E-state index contributed by atoms with van der Waals surface area (Å²) in [5.74, 6) is -1.28. The maximum Gasteiger partial charge on any atom is 0.451 e. The van der Waals surface area contributed by atoms with Crippen LogP contribution in [0.2, 0.25) is 0 Å². The number of aromatic nitrogens is 4. The zero-order valence-corrected chi connectivity index (χ0v) is 20.5. The van der Waals surface area contributed by atoms with E-state index >= 15 is 0 Å². The first-order valence-electron chi connectivity index (χ1n) is 12.1. The molecule has 1 atom stereocenters. The molecular weight excluding hydrogens is 483 g/mol. The van der Waals surface area contributed by atoms with Crippen LogP contribution in [0.3, 0.4) is 0 Å². The molecule has 1 aliphatic rings. The molecule has 0 radical (unpaired) electrons. The van der Waals surface area contributed by atoms with E-state index in [9.17, 15) is 18.0 Å². The number of hydrogen-bond acceptors (Lipinski definition) is 6. The molecule has 1 fully saturated rings. The second-order valence-electron chi connectivity index (χ2n) is 9.16. The van der Waals surface area contributed by atoms with Gasteiger partial charge in [0.15, 0.2) is 0 Å². The third-order valence-corrected chi connectivity index (χ3v) is 6.46. The molecule has 10 heteroatoms. The molecule has 0 spiro atoms. The highest BCUT2D eigenvalue weighted by Gasteiger charge is 2.35. The van der Waals surface area contributed by atoms with E-state index in [0.29, 0.717) is 36.1 Å². The Labute approximate surface area is 211 Å². The number of morpholine rings is 1. The lowest BCUT2D eigenvalue weighted by Gasteiger charge is -2.24.